The van der Waals surface area contributed by atoms with Gasteiger partial charge in [0.1, 0.15) is 6.33 Å². The highest BCUT2D eigenvalue weighted by molar-refractivity contribution is 5.87. The van der Waals surface area contributed by atoms with E-state index in [2.05, 4.69) is 15.0 Å². The zero-order chi connectivity index (χ0) is 15.4. The number of nitrogens with zero attached hydrogens (tertiary/aromatic N) is 4. The smallest absolute Gasteiger partial charge is 0.357 e. The Morgan fingerprint density at radius 3 is 2.50 bits per heavy atom. The molecular formula is C16H14N4O2. The van der Waals surface area contributed by atoms with Crippen LogP contribution in [0.5, 0.6) is 0 Å². The number of esters is 1. The van der Waals surface area contributed by atoms with E-state index < -0.39 is 5.97 Å². The second kappa shape index (κ2) is 6.17. The maximum Gasteiger partial charge on any atom is 0.357 e. The molecule has 1 aromatic carbocycles. The van der Waals surface area contributed by atoms with Crippen LogP contribution >= 0.6 is 0 Å². The number of ether oxygens (including phenoxy) is 1. The van der Waals surface area contributed by atoms with Crippen LogP contribution in [0, 0.1) is 0 Å². The highest BCUT2D eigenvalue weighted by atomic mass is 16.5. The predicted molar refractivity (Wildman–Crippen MR) is 80.5 cm³/mol. The molecule has 0 N–H and O–H groups in total. The number of hydrogen-bond acceptors (Lipinski definition) is 5. The van der Waals surface area contributed by atoms with Gasteiger partial charge in [-0.15, -0.1) is 0 Å². The molecule has 22 heavy (non-hydrogen) atoms. The summed E-state index contributed by atoms with van der Waals surface area (Å²) in [7, 11) is 0. The minimum atomic E-state index is -0.448. The van der Waals surface area contributed by atoms with Gasteiger partial charge in [0.25, 0.3) is 0 Å². The lowest BCUT2D eigenvalue weighted by molar-refractivity contribution is 0.0516. The first-order chi connectivity index (χ1) is 10.8. The molecule has 0 aliphatic heterocycles. The number of aromatic nitrogens is 4. The maximum absolute atomic E-state index is 11.8. The summed E-state index contributed by atoms with van der Waals surface area (Å²) in [5, 5.41) is 0. The van der Waals surface area contributed by atoms with Crippen molar-refractivity contribution in [2.75, 3.05) is 6.61 Å². The lowest BCUT2D eigenvalue weighted by Crippen LogP contribution is -2.12. The van der Waals surface area contributed by atoms with Gasteiger partial charge >= 0.3 is 5.97 Å². The first-order valence-corrected chi connectivity index (χ1v) is 6.87. The standard InChI is InChI=1S/C16H14N4O2/c1-2-22-15(21)14-10-17-11-20(14)16-18-8-13(9-19-16)12-6-4-3-5-7-12/h3-11H,2H2,1H3. The summed E-state index contributed by atoms with van der Waals surface area (Å²) in [6.45, 7) is 2.06. The van der Waals surface area contributed by atoms with Gasteiger partial charge in [-0.05, 0) is 12.5 Å². The van der Waals surface area contributed by atoms with Crippen molar-refractivity contribution in [2.45, 2.75) is 6.92 Å². The van der Waals surface area contributed by atoms with Crippen LogP contribution in [0.25, 0.3) is 17.1 Å². The average Bonchev–Trinajstić information content (AvgIpc) is 3.06. The van der Waals surface area contributed by atoms with Crippen LogP contribution < -0.4 is 0 Å². The topological polar surface area (TPSA) is 69.9 Å². The van der Waals surface area contributed by atoms with E-state index in [0.717, 1.165) is 11.1 Å². The van der Waals surface area contributed by atoms with Gasteiger partial charge < -0.3 is 4.74 Å². The molecule has 6 heteroatoms. The van der Waals surface area contributed by atoms with Crippen LogP contribution in [0.3, 0.4) is 0 Å². The van der Waals surface area contributed by atoms with Crippen molar-refractivity contribution in [3.05, 3.63) is 60.9 Å². The van der Waals surface area contributed by atoms with E-state index in [1.165, 1.54) is 17.1 Å². The second-order valence-corrected chi connectivity index (χ2v) is 4.51. The number of imidazole rings is 1. The van der Waals surface area contributed by atoms with Gasteiger partial charge in [0.15, 0.2) is 5.69 Å². The lowest BCUT2D eigenvalue weighted by atomic mass is 10.1. The van der Waals surface area contributed by atoms with Crippen molar-refractivity contribution in [2.24, 2.45) is 0 Å². The Balaban J connectivity index is 1.91. The number of rotatable bonds is 4. The maximum atomic E-state index is 11.8. The Morgan fingerprint density at radius 1 is 1.09 bits per heavy atom. The van der Waals surface area contributed by atoms with Gasteiger partial charge in [0, 0.05) is 18.0 Å². The summed E-state index contributed by atoms with van der Waals surface area (Å²) in [5.41, 5.74) is 2.24. The SMILES string of the molecule is CCOC(=O)c1cncn1-c1ncc(-c2ccccc2)cn1. The van der Waals surface area contributed by atoms with Crippen molar-refractivity contribution >= 4 is 5.97 Å². The molecule has 0 amide bonds. The summed E-state index contributed by atoms with van der Waals surface area (Å²) < 4.78 is 6.49. The van der Waals surface area contributed by atoms with E-state index in [4.69, 9.17) is 4.74 Å². The first-order valence-electron chi connectivity index (χ1n) is 6.87. The van der Waals surface area contributed by atoms with Gasteiger partial charge in [-0.2, -0.15) is 0 Å². The molecular weight excluding hydrogens is 280 g/mol. The molecule has 0 aliphatic carbocycles. The number of carbonyl (C=O) groups excluding carboxylic acids is 1. The van der Waals surface area contributed by atoms with Crippen LogP contribution in [0.4, 0.5) is 0 Å². The Morgan fingerprint density at radius 2 is 1.82 bits per heavy atom. The van der Waals surface area contributed by atoms with Gasteiger partial charge in [0.2, 0.25) is 5.95 Å². The quantitative estimate of drug-likeness (QED) is 0.691. The third kappa shape index (κ3) is 2.71. The van der Waals surface area contributed by atoms with Crippen molar-refractivity contribution in [3.8, 4) is 17.1 Å². The normalized spacial score (nSPS) is 10.4. The Labute approximate surface area is 127 Å². The van der Waals surface area contributed by atoms with E-state index in [9.17, 15) is 4.79 Å². The van der Waals surface area contributed by atoms with Crippen LogP contribution in [0.2, 0.25) is 0 Å². The monoisotopic (exact) mass is 294 g/mol. The zero-order valence-electron chi connectivity index (χ0n) is 12.0. The largest absolute Gasteiger partial charge is 0.461 e. The van der Waals surface area contributed by atoms with Crippen LogP contribution in [0.1, 0.15) is 17.4 Å². The van der Waals surface area contributed by atoms with E-state index >= 15 is 0 Å². The summed E-state index contributed by atoms with van der Waals surface area (Å²) in [5.74, 6) is -0.0732. The van der Waals surface area contributed by atoms with E-state index in [1.807, 2.05) is 30.3 Å². The number of hydrogen-bond donors (Lipinski definition) is 0. The van der Waals surface area contributed by atoms with Crippen LogP contribution in [0.15, 0.2) is 55.2 Å². The first kappa shape index (κ1) is 13.9. The third-order valence-corrected chi connectivity index (χ3v) is 3.08. The highest BCUT2D eigenvalue weighted by Crippen LogP contribution is 2.17. The van der Waals surface area contributed by atoms with Gasteiger partial charge in [-0.1, -0.05) is 30.3 Å². The summed E-state index contributed by atoms with van der Waals surface area (Å²) in [6, 6.07) is 9.84. The fourth-order valence-corrected chi connectivity index (χ4v) is 2.04. The Bertz CT molecular complexity index is 766. The molecule has 0 aliphatic rings. The number of benzene rings is 1. The molecule has 3 rings (SSSR count). The van der Waals surface area contributed by atoms with Crippen molar-refractivity contribution in [1.29, 1.82) is 0 Å². The van der Waals surface area contributed by atoms with Crippen LogP contribution in [-0.4, -0.2) is 32.1 Å². The molecule has 0 atom stereocenters. The van der Waals surface area contributed by atoms with Crippen molar-refractivity contribution in [3.63, 3.8) is 0 Å². The molecule has 0 saturated carbocycles. The fraction of sp³-hybridized carbons (Fsp3) is 0.125. The minimum absolute atomic E-state index is 0.300. The third-order valence-electron chi connectivity index (χ3n) is 3.08. The molecule has 3 aromatic rings. The molecule has 2 heterocycles. The van der Waals surface area contributed by atoms with Crippen molar-refractivity contribution in [1.82, 2.24) is 19.5 Å². The van der Waals surface area contributed by atoms with Gasteiger partial charge in [-0.25, -0.2) is 19.7 Å². The van der Waals surface area contributed by atoms with Gasteiger partial charge in [0.05, 0.1) is 12.8 Å². The molecule has 2 aromatic heterocycles. The average molecular weight is 294 g/mol. The molecule has 110 valence electrons. The molecule has 0 spiro atoms. The molecule has 0 saturated heterocycles. The molecule has 0 fully saturated rings. The lowest BCUT2D eigenvalue weighted by Gasteiger charge is -2.06. The van der Waals surface area contributed by atoms with E-state index in [-0.39, 0.29) is 0 Å². The summed E-state index contributed by atoms with van der Waals surface area (Å²) in [6.07, 6.45) is 6.36. The predicted octanol–water partition coefficient (Wildman–Crippen LogP) is 2.51. The second-order valence-electron chi connectivity index (χ2n) is 4.51. The summed E-state index contributed by atoms with van der Waals surface area (Å²) in [4.78, 5) is 24.4. The fourth-order valence-electron chi connectivity index (χ4n) is 2.04. The summed E-state index contributed by atoms with van der Waals surface area (Å²) >= 11 is 0. The molecule has 6 nitrogen and oxygen atoms in total. The molecule has 0 bridgehead atoms. The minimum Gasteiger partial charge on any atom is -0.461 e. The molecule has 0 radical (unpaired) electrons. The Kier molecular flexibility index (Phi) is 3.91. The van der Waals surface area contributed by atoms with Gasteiger partial charge in [-0.3, -0.25) is 4.57 Å². The number of carbonyl (C=O) groups is 1. The highest BCUT2D eigenvalue weighted by Gasteiger charge is 2.15. The Hall–Kier alpha value is -3.02. The zero-order valence-corrected chi connectivity index (χ0v) is 12.0. The van der Waals surface area contributed by atoms with Crippen LogP contribution in [-0.2, 0) is 4.74 Å². The molecule has 0 unspecified atom stereocenters. The van der Waals surface area contributed by atoms with E-state index in [1.54, 1.807) is 19.3 Å². The van der Waals surface area contributed by atoms with E-state index in [0.29, 0.717) is 18.2 Å². The van der Waals surface area contributed by atoms with Crippen molar-refractivity contribution < 1.29 is 9.53 Å².